The van der Waals surface area contributed by atoms with Crippen molar-refractivity contribution in [3.05, 3.63) is 63.5 Å². The molecule has 1 aromatic heterocycles. The molecular formula is C23H22ClNO3S. The van der Waals surface area contributed by atoms with Gasteiger partial charge in [0.05, 0.1) is 18.8 Å². The van der Waals surface area contributed by atoms with Gasteiger partial charge < -0.3 is 14.8 Å². The fraction of sp³-hybridized carbons (Fsp3) is 0.348. The van der Waals surface area contributed by atoms with Crippen LogP contribution in [0.2, 0.25) is 5.02 Å². The van der Waals surface area contributed by atoms with E-state index in [0.717, 1.165) is 51.4 Å². The second-order valence-corrected chi connectivity index (χ2v) is 9.00. The van der Waals surface area contributed by atoms with E-state index >= 15 is 0 Å². The molecule has 6 heteroatoms. The van der Waals surface area contributed by atoms with Crippen molar-refractivity contribution >= 4 is 44.7 Å². The average molecular weight is 428 g/mol. The fourth-order valence-corrected chi connectivity index (χ4v) is 5.85. The van der Waals surface area contributed by atoms with Gasteiger partial charge in [0.25, 0.3) is 0 Å². The molecular weight excluding hydrogens is 406 g/mol. The number of carbonyl (C=O) groups is 1. The molecule has 150 valence electrons. The summed E-state index contributed by atoms with van der Waals surface area (Å²) in [6, 6.07) is 14.3. The zero-order chi connectivity index (χ0) is 20.0. The Morgan fingerprint density at radius 2 is 2.17 bits per heavy atom. The van der Waals surface area contributed by atoms with Crippen molar-refractivity contribution in [3.8, 4) is 0 Å². The molecule has 0 bridgehead atoms. The maximum atomic E-state index is 12.3. The van der Waals surface area contributed by atoms with Gasteiger partial charge in [-0.05, 0) is 49.6 Å². The highest BCUT2D eigenvalue weighted by Crippen LogP contribution is 2.52. The van der Waals surface area contributed by atoms with Gasteiger partial charge in [0.15, 0.2) is 0 Å². The number of fused-ring (bicyclic) bond motifs is 5. The lowest BCUT2D eigenvalue weighted by Crippen LogP contribution is -2.36. The molecule has 2 aliphatic heterocycles. The van der Waals surface area contributed by atoms with Crippen LogP contribution in [-0.2, 0) is 9.47 Å². The molecule has 3 unspecified atom stereocenters. The van der Waals surface area contributed by atoms with Crippen molar-refractivity contribution in [2.24, 2.45) is 5.92 Å². The zero-order valence-electron chi connectivity index (χ0n) is 16.1. The molecule has 0 saturated carbocycles. The molecule has 2 aliphatic rings. The molecule has 1 N–H and O–H groups in total. The van der Waals surface area contributed by atoms with E-state index < -0.39 is 0 Å². The van der Waals surface area contributed by atoms with Crippen LogP contribution in [-0.4, -0.2) is 19.2 Å². The topological polar surface area (TPSA) is 47.6 Å². The predicted molar refractivity (Wildman–Crippen MR) is 117 cm³/mol. The Hall–Kier alpha value is -2.08. The summed E-state index contributed by atoms with van der Waals surface area (Å²) in [5.74, 6) is 0.0222. The minimum Gasteiger partial charge on any atom is -0.462 e. The summed E-state index contributed by atoms with van der Waals surface area (Å²) in [6.07, 6.45) is 2.08. The van der Waals surface area contributed by atoms with Crippen LogP contribution in [0.3, 0.4) is 0 Å². The normalized spacial score (nSPS) is 23.2. The number of rotatable bonds is 3. The highest BCUT2D eigenvalue weighted by atomic mass is 35.5. The van der Waals surface area contributed by atoms with Gasteiger partial charge in [0, 0.05) is 38.9 Å². The molecule has 5 rings (SSSR count). The second kappa shape index (κ2) is 7.63. The second-order valence-electron chi connectivity index (χ2n) is 7.51. The number of hydrogen-bond donors (Lipinski definition) is 1. The molecule has 29 heavy (non-hydrogen) atoms. The Balaban J connectivity index is 1.63. The quantitative estimate of drug-likeness (QED) is 0.493. The van der Waals surface area contributed by atoms with E-state index in [1.165, 1.54) is 11.3 Å². The predicted octanol–water partition coefficient (Wildman–Crippen LogP) is 6.37. The van der Waals surface area contributed by atoms with Crippen LogP contribution in [0, 0.1) is 5.92 Å². The van der Waals surface area contributed by atoms with Gasteiger partial charge in [-0.1, -0.05) is 29.8 Å². The third-order valence-electron chi connectivity index (χ3n) is 5.85. The third-order valence-corrected chi connectivity index (χ3v) is 7.28. The van der Waals surface area contributed by atoms with Gasteiger partial charge in [-0.3, -0.25) is 0 Å². The minimum atomic E-state index is -0.263. The van der Waals surface area contributed by atoms with Crippen molar-refractivity contribution in [1.82, 2.24) is 0 Å². The Morgan fingerprint density at radius 3 is 3.00 bits per heavy atom. The van der Waals surface area contributed by atoms with E-state index in [9.17, 15) is 4.79 Å². The van der Waals surface area contributed by atoms with Crippen molar-refractivity contribution < 1.29 is 14.3 Å². The van der Waals surface area contributed by atoms with Gasteiger partial charge in [0.2, 0.25) is 0 Å². The van der Waals surface area contributed by atoms with Crippen LogP contribution in [0.25, 0.3) is 10.1 Å². The van der Waals surface area contributed by atoms with E-state index in [-0.39, 0.29) is 24.0 Å². The van der Waals surface area contributed by atoms with Crippen LogP contribution >= 0.6 is 22.9 Å². The molecule has 0 amide bonds. The molecule has 0 radical (unpaired) electrons. The van der Waals surface area contributed by atoms with E-state index in [4.69, 9.17) is 21.1 Å². The summed E-state index contributed by atoms with van der Waals surface area (Å²) in [7, 11) is 0. The van der Waals surface area contributed by atoms with Crippen molar-refractivity contribution in [1.29, 1.82) is 0 Å². The van der Waals surface area contributed by atoms with Crippen LogP contribution in [0.4, 0.5) is 5.69 Å². The van der Waals surface area contributed by atoms with E-state index in [1.807, 2.05) is 31.2 Å². The van der Waals surface area contributed by atoms with Crippen LogP contribution in [0.5, 0.6) is 0 Å². The number of benzene rings is 2. The number of nitrogens with one attached hydrogen (secondary N) is 1. The smallest absolute Gasteiger partial charge is 0.348 e. The summed E-state index contributed by atoms with van der Waals surface area (Å²) in [5, 5.41) is 5.59. The molecule has 4 nitrogen and oxygen atoms in total. The minimum absolute atomic E-state index is 0.0189. The number of thiophene rings is 1. The third kappa shape index (κ3) is 3.21. The van der Waals surface area contributed by atoms with Crippen molar-refractivity contribution in [3.63, 3.8) is 0 Å². The van der Waals surface area contributed by atoms with Crippen molar-refractivity contribution in [2.45, 2.75) is 31.9 Å². The first-order valence-corrected chi connectivity index (χ1v) is 11.2. The number of carbonyl (C=O) groups excluding carboxylic acids is 1. The monoisotopic (exact) mass is 427 g/mol. The van der Waals surface area contributed by atoms with Gasteiger partial charge in [-0.2, -0.15) is 0 Å². The van der Waals surface area contributed by atoms with Gasteiger partial charge in [-0.25, -0.2) is 4.79 Å². The summed E-state index contributed by atoms with van der Waals surface area (Å²) >= 11 is 8.03. The highest BCUT2D eigenvalue weighted by Gasteiger charge is 2.41. The molecule has 1 saturated heterocycles. The Bertz CT molecular complexity index is 1080. The first kappa shape index (κ1) is 18.9. The lowest BCUT2D eigenvalue weighted by atomic mass is 9.76. The highest BCUT2D eigenvalue weighted by molar-refractivity contribution is 7.20. The van der Waals surface area contributed by atoms with E-state index in [2.05, 4.69) is 23.5 Å². The van der Waals surface area contributed by atoms with Gasteiger partial charge in [-0.15, -0.1) is 11.3 Å². The van der Waals surface area contributed by atoms with E-state index in [0.29, 0.717) is 11.5 Å². The largest absolute Gasteiger partial charge is 0.462 e. The number of halogens is 1. The Labute approximate surface area is 178 Å². The van der Waals surface area contributed by atoms with Crippen LogP contribution < -0.4 is 5.32 Å². The van der Waals surface area contributed by atoms with Gasteiger partial charge >= 0.3 is 5.97 Å². The summed E-state index contributed by atoms with van der Waals surface area (Å²) < 4.78 is 12.6. The maximum absolute atomic E-state index is 12.3. The Morgan fingerprint density at radius 1 is 1.31 bits per heavy atom. The summed E-state index contributed by atoms with van der Waals surface area (Å²) in [6.45, 7) is 2.95. The molecule has 3 heterocycles. The zero-order valence-corrected chi connectivity index (χ0v) is 17.7. The number of esters is 1. The standard InChI is InChI=1S/C23H22ClNO3S/c1-2-27-23(26)19-12-15-18(29-19)10-9-17-20(15)22-14(7-5-11-28-22)21(25-17)13-6-3-4-8-16(13)24/h3-4,6,8-10,12,14,21-22,25H,2,5,7,11H2,1H3. The van der Waals surface area contributed by atoms with Crippen molar-refractivity contribution in [2.75, 3.05) is 18.5 Å². The molecule has 3 atom stereocenters. The SMILES string of the molecule is CCOC(=O)c1cc2c3c(ccc2s1)NC(c1ccccc1Cl)C1CCCOC31. The molecule has 1 fully saturated rings. The Kier molecular flexibility index (Phi) is 4.98. The number of ether oxygens (including phenoxy) is 2. The number of hydrogen-bond acceptors (Lipinski definition) is 5. The first-order valence-electron chi connectivity index (χ1n) is 10.0. The average Bonchev–Trinajstić information content (AvgIpc) is 3.18. The number of anilines is 1. The van der Waals surface area contributed by atoms with Gasteiger partial charge in [0.1, 0.15) is 4.88 Å². The van der Waals surface area contributed by atoms with Crippen LogP contribution in [0.1, 0.15) is 52.7 Å². The van der Waals surface area contributed by atoms with E-state index in [1.54, 1.807) is 0 Å². The molecule has 2 aromatic carbocycles. The van der Waals surface area contributed by atoms with Crippen LogP contribution in [0.15, 0.2) is 42.5 Å². The molecule has 0 aliphatic carbocycles. The first-order chi connectivity index (χ1) is 14.2. The summed E-state index contributed by atoms with van der Waals surface area (Å²) in [5.41, 5.74) is 3.32. The molecule has 0 spiro atoms. The molecule has 3 aromatic rings. The fourth-order valence-electron chi connectivity index (χ4n) is 4.62. The summed E-state index contributed by atoms with van der Waals surface area (Å²) in [4.78, 5) is 12.9. The lowest BCUT2D eigenvalue weighted by Gasteiger charge is -2.43. The maximum Gasteiger partial charge on any atom is 0.348 e. The lowest BCUT2D eigenvalue weighted by molar-refractivity contribution is -0.0372.